The Bertz CT molecular complexity index is 708. The van der Waals surface area contributed by atoms with Gasteiger partial charge in [-0.15, -0.1) is 0 Å². The van der Waals surface area contributed by atoms with Crippen LogP contribution in [0.5, 0.6) is 5.75 Å². The van der Waals surface area contributed by atoms with Gasteiger partial charge in [-0.3, -0.25) is 14.8 Å². The maximum atomic E-state index is 12.7. The van der Waals surface area contributed by atoms with Crippen LogP contribution in [-0.4, -0.2) is 28.8 Å². The SMILES string of the molecule is Cc1cc(NC(=O)C2NCCOc3ccccc32)nn1C(C)C. The molecule has 0 saturated heterocycles. The van der Waals surface area contributed by atoms with E-state index in [1.54, 1.807) is 0 Å². The highest BCUT2D eigenvalue weighted by atomic mass is 16.5. The third kappa shape index (κ3) is 3.22. The van der Waals surface area contributed by atoms with Crippen LogP contribution >= 0.6 is 0 Å². The van der Waals surface area contributed by atoms with Gasteiger partial charge in [0.2, 0.25) is 5.91 Å². The van der Waals surface area contributed by atoms with Gasteiger partial charge in [-0.1, -0.05) is 18.2 Å². The number of fused-ring (bicyclic) bond motifs is 1. The Morgan fingerprint density at radius 2 is 2.22 bits per heavy atom. The van der Waals surface area contributed by atoms with E-state index in [2.05, 4.69) is 29.6 Å². The van der Waals surface area contributed by atoms with Gasteiger partial charge in [0.15, 0.2) is 5.82 Å². The fourth-order valence-electron chi connectivity index (χ4n) is 2.83. The van der Waals surface area contributed by atoms with E-state index in [0.717, 1.165) is 17.0 Å². The van der Waals surface area contributed by atoms with Crippen LogP contribution in [0.15, 0.2) is 30.3 Å². The number of hydrogen-bond acceptors (Lipinski definition) is 4. The molecule has 1 aliphatic heterocycles. The van der Waals surface area contributed by atoms with Crippen molar-refractivity contribution in [3.8, 4) is 5.75 Å². The van der Waals surface area contributed by atoms with Gasteiger partial charge in [0.05, 0.1) is 0 Å². The van der Waals surface area contributed by atoms with Crippen molar-refractivity contribution in [3.05, 3.63) is 41.6 Å². The lowest BCUT2D eigenvalue weighted by Gasteiger charge is -2.16. The predicted molar refractivity (Wildman–Crippen MR) is 88.7 cm³/mol. The molecule has 6 heteroatoms. The summed E-state index contributed by atoms with van der Waals surface area (Å²) in [5.74, 6) is 1.20. The van der Waals surface area contributed by atoms with Crippen molar-refractivity contribution >= 4 is 11.7 Å². The summed E-state index contributed by atoms with van der Waals surface area (Å²) in [4.78, 5) is 12.7. The Hall–Kier alpha value is -2.34. The summed E-state index contributed by atoms with van der Waals surface area (Å²) in [5.41, 5.74) is 1.87. The summed E-state index contributed by atoms with van der Waals surface area (Å²) in [6.45, 7) is 7.27. The van der Waals surface area contributed by atoms with E-state index >= 15 is 0 Å². The minimum Gasteiger partial charge on any atom is -0.492 e. The van der Waals surface area contributed by atoms with Crippen LogP contribution in [-0.2, 0) is 4.79 Å². The van der Waals surface area contributed by atoms with Gasteiger partial charge < -0.3 is 10.1 Å². The lowest BCUT2D eigenvalue weighted by molar-refractivity contribution is -0.118. The number of aromatic nitrogens is 2. The molecule has 0 aliphatic carbocycles. The minimum atomic E-state index is -0.446. The number of para-hydroxylation sites is 1. The van der Waals surface area contributed by atoms with Crippen molar-refractivity contribution in [3.63, 3.8) is 0 Å². The lowest BCUT2D eigenvalue weighted by Crippen LogP contribution is -2.33. The van der Waals surface area contributed by atoms with E-state index in [9.17, 15) is 4.79 Å². The van der Waals surface area contributed by atoms with Crippen molar-refractivity contribution in [1.29, 1.82) is 0 Å². The van der Waals surface area contributed by atoms with E-state index < -0.39 is 6.04 Å². The average Bonchev–Trinajstić information content (AvgIpc) is 2.76. The Balaban J connectivity index is 1.82. The maximum Gasteiger partial charge on any atom is 0.247 e. The smallest absolute Gasteiger partial charge is 0.247 e. The number of rotatable bonds is 3. The van der Waals surface area contributed by atoms with Crippen LogP contribution in [0, 0.1) is 6.92 Å². The summed E-state index contributed by atoms with van der Waals surface area (Å²) < 4.78 is 7.57. The van der Waals surface area contributed by atoms with E-state index in [0.29, 0.717) is 19.0 Å². The Kier molecular flexibility index (Phi) is 4.34. The molecule has 2 N–H and O–H groups in total. The molecule has 3 rings (SSSR count). The first-order valence-corrected chi connectivity index (χ1v) is 7.88. The standard InChI is InChI=1S/C17H22N4O2/c1-11(2)21-12(3)10-15(20-21)19-17(22)16-13-6-4-5-7-14(13)23-9-8-18-16/h4-7,10-11,16,18H,8-9H2,1-3H3,(H,19,20,22). The van der Waals surface area contributed by atoms with Gasteiger partial charge in [-0.25, -0.2) is 0 Å². The molecular weight excluding hydrogens is 292 g/mol. The normalized spacial score (nSPS) is 17.3. The zero-order valence-electron chi connectivity index (χ0n) is 13.7. The number of anilines is 1. The molecule has 2 aromatic rings. The Morgan fingerprint density at radius 1 is 1.43 bits per heavy atom. The molecule has 2 heterocycles. The monoisotopic (exact) mass is 314 g/mol. The highest BCUT2D eigenvalue weighted by Crippen LogP contribution is 2.28. The molecule has 122 valence electrons. The van der Waals surface area contributed by atoms with Crippen LogP contribution in [0.1, 0.15) is 37.2 Å². The summed E-state index contributed by atoms with van der Waals surface area (Å²) in [6, 6.07) is 9.32. The number of amides is 1. The first-order valence-electron chi connectivity index (χ1n) is 7.88. The third-order valence-electron chi connectivity index (χ3n) is 3.86. The fourth-order valence-corrected chi connectivity index (χ4v) is 2.83. The number of benzene rings is 1. The van der Waals surface area contributed by atoms with Gasteiger partial charge in [0.1, 0.15) is 18.4 Å². The van der Waals surface area contributed by atoms with E-state index in [1.807, 2.05) is 41.9 Å². The zero-order chi connectivity index (χ0) is 16.4. The molecule has 1 amide bonds. The van der Waals surface area contributed by atoms with Gasteiger partial charge in [-0.2, -0.15) is 5.10 Å². The molecule has 1 aromatic carbocycles. The highest BCUT2D eigenvalue weighted by Gasteiger charge is 2.26. The quantitative estimate of drug-likeness (QED) is 0.913. The second kappa shape index (κ2) is 6.42. The van der Waals surface area contributed by atoms with Crippen LogP contribution in [0.3, 0.4) is 0 Å². The zero-order valence-corrected chi connectivity index (χ0v) is 13.7. The Labute approximate surface area is 135 Å². The molecule has 0 radical (unpaired) electrons. The molecule has 1 atom stereocenters. The number of aryl methyl sites for hydroxylation is 1. The minimum absolute atomic E-state index is 0.128. The number of hydrogen-bond donors (Lipinski definition) is 2. The predicted octanol–water partition coefficient (Wildman–Crippen LogP) is 2.43. The van der Waals surface area contributed by atoms with Gasteiger partial charge in [-0.05, 0) is 26.8 Å². The summed E-state index contributed by atoms with van der Waals surface area (Å²) in [5, 5.41) is 10.6. The molecule has 0 saturated carbocycles. The molecular formula is C17H22N4O2. The molecule has 1 aromatic heterocycles. The van der Waals surface area contributed by atoms with Crippen LogP contribution < -0.4 is 15.4 Å². The second-order valence-electron chi connectivity index (χ2n) is 5.97. The van der Waals surface area contributed by atoms with Crippen molar-refractivity contribution < 1.29 is 9.53 Å². The topological polar surface area (TPSA) is 68.2 Å². The largest absolute Gasteiger partial charge is 0.492 e. The van der Waals surface area contributed by atoms with Crippen LogP contribution in [0.25, 0.3) is 0 Å². The van der Waals surface area contributed by atoms with E-state index in [-0.39, 0.29) is 11.9 Å². The first kappa shape index (κ1) is 15.6. The van der Waals surface area contributed by atoms with Crippen LogP contribution in [0.2, 0.25) is 0 Å². The van der Waals surface area contributed by atoms with E-state index in [1.165, 1.54) is 0 Å². The highest BCUT2D eigenvalue weighted by molar-refractivity contribution is 5.95. The van der Waals surface area contributed by atoms with Crippen molar-refractivity contribution in [2.45, 2.75) is 32.9 Å². The number of carbonyl (C=O) groups is 1. The molecule has 0 spiro atoms. The molecule has 6 nitrogen and oxygen atoms in total. The van der Waals surface area contributed by atoms with Gasteiger partial charge in [0, 0.05) is 29.9 Å². The first-order chi connectivity index (χ1) is 11.1. The average molecular weight is 314 g/mol. The number of nitrogens with one attached hydrogen (secondary N) is 2. The van der Waals surface area contributed by atoms with Gasteiger partial charge in [0.25, 0.3) is 0 Å². The number of ether oxygens (including phenoxy) is 1. The van der Waals surface area contributed by atoms with Crippen molar-refractivity contribution in [1.82, 2.24) is 15.1 Å². The van der Waals surface area contributed by atoms with Crippen LogP contribution in [0.4, 0.5) is 5.82 Å². The second-order valence-corrected chi connectivity index (χ2v) is 5.97. The summed E-state index contributed by atoms with van der Waals surface area (Å²) in [6.07, 6.45) is 0. The number of carbonyl (C=O) groups excluding carboxylic acids is 1. The molecule has 0 bridgehead atoms. The Morgan fingerprint density at radius 3 is 2.96 bits per heavy atom. The van der Waals surface area contributed by atoms with E-state index in [4.69, 9.17) is 4.74 Å². The van der Waals surface area contributed by atoms with Gasteiger partial charge >= 0.3 is 0 Å². The molecule has 23 heavy (non-hydrogen) atoms. The van der Waals surface area contributed by atoms with Crippen molar-refractivity contribution in [2.24, 2.45) is 0 Å². The molecule has 1 aliphatic rings. The lowest BCUT2D eigenvalue weighted by atomic mass is 10.1. The number of nitrogens with zero attached hydrogens (tertiary/aromatic N) is 2. The molecule has 1 unspecified atom stereocenters. The van der Waals surface area contributed by atoms with Crippen molar-refractivity contribution in [2.75, 3.05) is 18.5 Å². The summed E-state index contributed by atoms with van der Waals surface area (Å²) >= 11 is 0. The molecule has 0 fully saturated rings. The maximum absolute atomic E-state index is 12.7. The fraction of sp³-hybridized carbons (Fsp3) is 0.412. The summed E-state index contributed by atoms with van der Waals surface area (Å²) in [7, 11) is 0. The third-order valence-corrected chi connectivity index (χ3v) is 3.86.